The largest absolute Gasteiger partial charge is 0.462 e. The fraction of sp³-hybridized carbons (Fsp3) is 0.455. The van der Waals surface area contributed by atoms with E-state index in [0.29, 0.717) is 44.8 Å². The van der Waals surface area contributed by atoms with Crippen LogP contribution in [0.1, 0.15) is 23.2 Å². The van der Waals surface area contributed by atoms with Crippen molar-refractivity contribution in [1.29, 1.82) is 5.26 Å². The van der Waals surface area contributed by atoms with Crippen LogP contribution in [0.2, 0.25) is 0 Å². The number of nitriles is 1. The van der Waals surface area contributed by atoms with Gasteiger partial charge in [0.15, 0.2) is 0 Å². The normalized spacial score (nSPS) is 18.7. The van der Waals surface area contributed by atoms with Crippen molar-refractivity contribution in [1.82, 2.24) is 19.8 Å². The van der Waals surface area contributed by atoms with Gasteiger partial charge in [0.2, 0.25) is 5.91 Å². The van der Waals surface area contributed by atoms with Gasteiger partial charge < -0.3 is 24.2 Å². The Hall–Kier alpha value is -4.20. The molecule has 3 aliphatic rings. The zero-order valence-corrected chi connectivity index (χ0v) is 25.0. The lowest BCUT2D eigenvalue weighted by Crippen LogP contribution is -2.55. The smallest absolute Gasteiger partial charge is 0.318 e. The minimum absolute atomic E-state index is 0.143. The molecule has 2 fully saturated rings. The number of rotatable bonds is 9. The highest BCUT2D eigenvalue weighted by atomic mass is 16.5. The molecule has 224 valence electrons. The van der Waals surface area contributed by atoms with Crippen LogP contribution in [-0.4, -0.2) is 97.4 Å². The maximum atomic E-state index is 12.5. The molecule has 1 unspecified atom stereocenters. The fourth-order valence-corrected chi connectivity index (χ4v) is 6.37. The van der Waals surface area contributed by atoms with E-state index in [1.54, 1.807) is 4.90 Å². The number of hydrogen-bond donors (Lipinski definition) is 0. The topological polar surface area (TPSA) is 98.1 Å². The summed E-state index contributed by atoms with van der Waals surface area (Å²) in [5.41, 5.74) is 4.53. The third-order valence-electron chi connectivity index (χ3n) is 8.94. The number of anilines is 2. The molecule has 43 heavy (non-hydrogen) atoms. The summed E-state index contributed by atoms with van der Waals surface area (Å²) in [6.07, 6.45) is 2.36. The summed E-state index contributed by atoms with van der Waals surface area (Å²) in [5, 5.41) is 12.0. The van der Waals surface area contributed by atoms with E-state index in [2.05, 4.69) is 77.7 Å². The second-order valence-corrected chi connectivity index (χ2v) is 11.6. The third-order valence-corrected chi connectivity index (χ3v) is 8.94. The van der Waals surface area contributed by atoms with Gasteiger partial charge in [0.25, 0.3) is 0 Å². The Morgan fingerprint density at radius 1 is 1.19 bits per heavy atom. The molecule has 0 bridgehead atoms. The molecule has 0 spiro atoms. The van der Waals surface area contributed by atoms with Crippen molar-refractivity contribution < 1.29 is 14.3 Å². The average Bonchev–Trinajstić information content (AvgIpc) is 2.99. The number of aryl methyl sites for hydroxylation is 1. The van der Waals surface area contributed by atoms with Crippen LogP contribution in [0.25, 0.3) is 10.8 Å². The van der Waals surface area contributed by atoms with Crippen molar-refractivity contribution in [3.05, 3.63) is 65.9 Å². The molecule has 2 aromatic carbocycles. The van der Waals surface area contributed by atoms with E-state index in [0.717, 1.165) is 49.8 Å². The standard InChI is InChI=1S/C33H39N7O3/c1-4-30(41)40-16-15-39(19-25(40)11-13-34)32-27-12-14-38(29-10-6-9-24-8-5-7-23(2)31(24)29)20-28(27)35-33(36-32)43-18-17-37(3)26-21-42-22-26/h4-10,25-26H,1,11-12,14-22H2,2-3H3. The van der Waals surface area contributed by atoms with E-state index >= 15 is 0 Å². The molecule has 0 radical (unpaired) electrons. The van der Waals surface area contributed by atoms with E-state index in [4.69, 9.17) is 19.4 Å². The van der Waals surface area contributed by atoms with Crippen LogP contribution in [0.5, 0.6) is 6.01 Å². The van der Waals surface area contributed by atoms with Gasteiger partial charge in [-0.25, -0.2) is 0 Å². The van der Waals surface area contributed by atoms with Gasteiger partial charge in [0.1, 0.15) is 12.4 Å². The van der Waals surface area contributed by atoms with Gasteiger partial charge in [-0.1, -0.05) is 36.9 Å². The number of hydrogen-bond acceptors (Lipinski definition) is 9. The van der Waals surface area contributed by atoms with Crippen LogP contribution in [0.15, 0.2) is 49.1 Å². The quantitative estimate of drug-likeness (QED) is 0.353. The summed E-state index contributed by atoms with van der Waals surface area (Å²) < 4.78 is 11.5. The van der Waals surface area contributed by atoms with Crippen LogP contribution < -0.4 is 14.5 Å². The summed E-state index contributed by atoms with van der Waals surface area (Å²) >= 11 is 0. The van der Waals surface area contributed by atoms with Gasteiger partial charge >= 0.3 is 6.01 Å². The fourth-order valence-electron chi connectivity index (χ4n) is 6.37. The second kappa shape index (κ2) is 12.6. The number of aromatic nitrogens is 2. The van der Waals surface area contributed by atoms with Crippen LogP contribution in [0, 0.1) is 18.3 Å². The van der Waals surface area contributed by atoms with E-state index in [-0.39, 0.29) is 18.4 Å². The van der Waals surface area contributed by atoms with Crippen molar-refractivity contribution in [3.8, 4) is 12.1 Å². The Morgan fingerprint density at radius 3 is 2.74 bits per heavy atom. The SMILES string of the molecule is C=CC(=O)N1CCN(c2nc(OCCN(C)C3COC3)nc3c2CCN(c2cccc4cccc(C)c24)C3)CC1CC#N. The molecule has 3 aliphatic heterocycles. The van der Waals surface area contributed by atoms with Crippen molar-refractivity contribution >= 4 is 28.2 Å². The third kappa shape index (κ3) is 5.88. The number of piperazine rings is 1. The molecule has 2 saturated heterocycles. The first kappa shape index (κ1) is 28.9. The van der Waals surface area contributed by atoms with Crippen molar-refractivity contribution in [2.24, 2.45) is 0 Å². The Balaban J connectivity index is 1.30. The molecule has 0 N–H and O–H groups in total. The maximum absolute atomic E-state index is 12.5. The minimum atomic E-state index is -0.240. The predicted octanol–water partition coefficient (Wildman–Crippen LogP) is 3.33. The van der Waals surface area contributed by atoms with E-state index in [1.807, 2.05) is 0 Å². The van der Waals surface area contributed by atoms with Crippen molar-refractivity contribution in [3.63, 3.8) is 0 Å². The van der Waals surface area contributed by atoms with Crippen LogP contribution in [0.4, 0.5) is 11.5 Å². The molecular formula is C33H39N7O3. The van der Waals surface area contributed by atoms with E-state index in [1.165, 1.54) is 28.1 Å². The first-order valence-electron chi connectivity index (χ1n) is 15.1. The number of carbonyl (C=O) groups excluding carboxylic acids is 1. The molecule has 3 aromatic rings. The van der Waals surface area contributed by atoms with E-state index in [9.17, 15) is 10.1 Å². The second-order valence-electron chi connectivity index (χ2n) is 11.6. The van der Waals surface area contributed by atoms with Crippen LogP contribution in [-0.2, 0) is 22.5 Å². The molecule has 0 saturated carbocycles. The predicted molar refractivity (Wildman–Crippen MR) is 166 cm³/mol. The molecule has 4 heterocycles. The summed E-state index contributed by atoms with van der Waals surface area (Å²) in [7, 11) is 2.08. The van der Waals surface area contributed by atoms with Gasteiger partial charge in [-0.3, -0.25) is 9.69 Å². The first-order chi connectivity index (χ1) is 21.0. The first-order valence-corrected chi connectivity index (χ1v) is 15.1. The molecule has 10 nitrogen and oxygen atoms in total. The number of likely N-dealkylation sites (N-methyl/N-ethyl adjacent to an activating group) is 1. The lowest BCUT2D eigenvalue weighted by Gasteiger charge is -2.42. The van der Waals surface area contributed by atoms with Gasteiger partial charge in [0.05, 0.1) is 50.0 Å². The number of nitrogens with zero attached hydrogens (tertiary/aromatic N) is 7. The summed E-state index contributed by atoms with van der Waals surface area (Å²) in [5.74, 6) is 0.707. The zero-order valence-electron chi connectivity index (χ0n) is 25.0. The molecule has 1 atom stereocenters. The summed E-state index contributed by atoms with van der Waals surface area (Å²) in [4.78, 5) is 31.1. The van der Waals surface area contributed by atoms with Crippen molar-refractivity contribution in [2.75, 3.05) is 69.4 Å². The maximum Gasteiger partial charge on any atom is 0.318 e. The summed E-state index contributed by atoms with van der Waals surface area (Å²) in [6, 6.07) is 15.7. The molecule has 6 rings (SSSR count). The Morgan fingerprint density at radius 2 is 2.00 bits per heavy atom. The van der Waals surface area contributed by atoms with Gasteiger partial charge in [0, 0.05) is 49.4 Å². The number of amides is 1. The minimum Gasteiger partial charge on any atom is -0.462 e. The Bertz CT molecular complexity index is 1540. The summed E-state index contributed by atoms with van der Waals surface area (Å²) in [6.45, 7) is 11.7. The number of carbonyl (C=O) groups is 1. The lowest BCUT2D eigenvalue weighted by atomic mass is 9.99. The Kier molecular flexibility index (Phi) is 8.45. The lowest BCUT2D eigenvalue weighted by molar-refractivity contribution is -0.128. The van der Waals surface area contributed by atoms with Gasteiger partial charge in [-0.05, 0) is 43.5 Å². The number of fused-ring (bicyclic) bond motifs is 2. The van der Waals surface area contributed by atoms with E-state index < -0.39 is 0 Å². The molecule has 1 amide bonds. The number of ether oxygens (including phenoxy) is 2. The van der Waals surface area contributed by atoms with Crippen LogP contribution in [0.3, 0.4) is 0 Å². The van der Waals surface area contributed by atoms with Crippen molar-refractivity contribution in [2.45, 2.75) is 38.4 Å². The highest BCUT2D eigenvalue weighted by Gasteiger charge is 2.33. The van der Waals surface area contributed by atoms with Gasteiger partial charge in [-0.15, -0.1) is 0 Å². The highest BCUT2D eigenvalue weighted by molar-refractivity contribution is 5.97. The van der Waals surface area contributed by atoms with Crippen LogP contribution >= 0.6 is 0 Å². The highest BCUT2D eigenvalue weighted by Crippen LogP contribution is 2.36. The number of benzene rings is 2. The molecule has 1 aromatic heterocycles. The molecule has 0 aliphatic carbocycles. The Labute approximate surface area is 253 Å². The molecular weight excluding hydrogens is 542 g/mol. The zero-order chi connectivity index (χ0) is 29.9. The molecule has 10 heteroatoms. The average molecular weight is 582 g/mol. The monoisotopic (exact) mass is 581 g/mol. The van der Waals surface area contributed by atoms with Gasteiger partial charge in [-0.2, -0.15) is 15.2 Å².